The fourth-order valence-corrected chi connectivity index (χ4v) is 0.808. The normalized spacial score (nSPS) is 10.4. The van der Waals surface area contributed by atoms with Crippen LogP contribution in [0.4, 0.5) is 0 Å². The average molecular weight is 162 g/mol. The van der Waals surface area contributed by atoms with Crippen LogP contribution in [0.5, 0.6) is 0 Å². The van der Waals surface area contributed by atoms with Crippen LogP contribution in [0.3, 0.4) is 0 Å². The van der Waals surface area contributed by atoms with E-state index in [1.165, 1.54) is 0 Å². The number of rotatable bonds is 3. The molecule has 0 bridgehead atoms. The second-order valence-electron chi connectivity index (χ2n) is 2.39. The van der Waals surface area contributed by atoms with E-state index in [1.54, 1.807) is 24.5 Å². The largest absolute Gasteiger partial charge is 0.303 e. The summed E-state index contributed by atoms with van der Waals surface area (Å²) in [5, 5.41) is 0. The molecule has 0 radical (unpaired) electrons. The summed E-state index contributed by atoms with van der Waals surface area (Å²) in [5.41, 5.74) is 1.67. The van der Waals surface area contributed by atoms with E-state index in [0.717, 1.165) is 17.7 Å². The summed E-state index contributed by atoms with van der Waals surface area (Å²) in [5.74, 6) is 0. The van der Waals surface area contributed by atoms with Gasteiger partial charge in [-0.3, -0.25) is 9.97 Å². The fraction of sp³-hybridized carbons (Fsp3) is 0.222. The van der Waals surface area contributed by atoms with Gasteiger partial charge in [0.15, 0.2) is 0 Å². The molecule has 0 unspecified atom stereocenters. The molecule has 1 aromatic rings. The third-order valence-electron chi connectivity index (χ3n) is 1.29. The molecule has 0 amide bonds. The zero-order valence-corrected chi connectivity index (χ0v) is 6.90. The van der Waals surface area contributed by atoms with E-state index in [2.05, 4.69) is 9.97 Å². The van der Waals surface area contributed by atoms with Gasteiger partial charge in [0.05, 0.1) is 17.6 Å². The van der Waals surface area contributed by atoms with E-state index < -0.39 is 0 Å². The average Bonchev–Trinajstić information content (AvgIpc) is 2.05. The van der Waals surface area contributed by atoms with Crippen molar-refractivity contribution in [2.75, 3.05) is 0 Å². The maximum Gasteiger partial charge on any atom is 0.123 e. The number of aryl methyl sites for hydroxylation is 1. The summed E-state index contributed by atoms with van der Waals surface area (Å²) in [6, 6.07) is 0. The summed E-state index contributed by atoms with van der Waals surface area (Å²) >= 11 is 0. The monoisotopic (exact) mass is 162 g/mol. The van der Waals surface area contributed by atoms with Gasteiger partial charge in [-0.2, -0.15) is 0 Å². The van der Waals surface area contributed by atoms with Gasteiger partial charge in [0.1, 0.15) is 6.29 Å². The fourth-order valence-electron chi connectivity index (χ4n) is 0.808. The number of carbonyl (C=O) groups is 1. The molecule has 12 heavy (non-hydrogen) atoms. The summed E-state index contributed by atoms with van der Waals surface area (Å²) in [6.07, 6.45) is 8.17. The van der Waals surface area contributed by atoms with Crippen LogP contribution in [0.25, 0.3) is 6.08 Å². The molecule has 1 heterocycles. The number of aromatic nitrogens is 2. The van der Waals surface area contributed by atoms with Gasteiger partial charge in [-0.15, -0.1) is 0 Å². The van der Waals surface area contributed by atoms with Gasteiger partial charge >= 0.3 is 0 Å². The first-order valence-corrected chi connectivity index (χ1v) is 3.72. The first kappa shape index (κ1) is 8.59. The Labute approximate surface area is 71.2 Å². The van der Waals surface area contributed by atoms with Crippen LogP contribution in [-0.2, 0) is 4.79 Å². The van der Waals surface area contributed by atoms with E-state index in [-0.39, 0.29) is 0 Å². The topological polar surface area (TPSA) is 42.9 Å². The van der Waals surface area contributed by atoms with Crippen molar-refractivity contribution in [2.45, 2.75) is 13.3 Å². The first-order chi connectivity index (χ1) is 5.83. The lowest BCUT2D eigenvalue weighted by Gasteiger charge is -1.92. The highest BCUT2D eigenvalue weighted by Gasteiger charge is 1.88. The minimum Gasteiger partial charge on any atom is -0.303 e. The second kappa shape index (κ2) is 4.38. The summed E-state index contributed by atoms with van der Waals surface area (Å²) in [7, 11) is 0. The van der Waals surface area contributed by atoms with Crippen molar-refractivity contribution in [2.24, 2.45) is 0 Å². The van der Waals surface area contributed by atoms with Crippen molar-refractivity contribution in [3.63, 3.8) is 0 Å². The molecule has 0 atom stereocenters. The van der Waals surface area contributed by atoms with E-state index in [4.69, 9.17) is 0 Å². The predicted octanol–water partition coefficient (Wildman–Crippen LogP) is 1.39. The maximum absolute atomic E-state index is 9.97. The molecule has 0 N–H and O–H groups in total. The smallest absolute Gasteiger partial charge is 0.123 e. The molecule has 0 aliphatic rings. The first-order valence-electron chi connectivity index (χ1n) is 3.72. The number of allylic oxidation sites excluding steroid dienone is 1. The van der Waals surface area contributed by atoms with Crippen LogP contribution in [0.15, 0.2) is 18.5 Å². The third kappa shape index (κ3) is 2.62. The molecule has 0 aliphatic carbocycles. The van der Waals surface area contributed by atoms with Gasteiger partial charge in [0.2, 0.25) is 0 Å². The highest BCUT2D eigenvalue weighted by molar-refractivity contribution is 5.56. The molecule has 1 aromatic heterocycles. The van der Waals surface area contributed by atoms with Gasteiger partial charge in [-0.1, -0.05) is 6.08 Å². The van der Waals surface area contributed by atoms with Gasteiger partial charge < -0.3 is 4.79 Å². The molecule has 0 spiro atoms. The highest BCUT2D eigenvalue weighted by Crippen LogP contribution is 1.97. The van der Waals surface area contributed by atoms with Crippen molar-refractivity contribution >= 4 is 12.4 Å². The summed E-state index contributed by atoms with van der Waals surface area (Å²) in [6.45, 7) is 1.88. The molecule has 1 rings (SSSR count). The Bertz CT molecular complexity index is 294. The minimum absolute atomic E-state index is 0.426. The van der Waals surface area contributed by atoms with Crippen molar-refractivity contribution in [1.82, 2.24) is 9.97 Å². The lowest BCUT2D eigenvalue weighted by Crippen LogP contribution is -1.86. The van der Waals surface area contributed by atoms with Gasteiger partial charge in [0, 0.05) is 12.6 Å². The third-order valence-corrected chi connectivity index (χ3v) is 1.29. The Morgan fingerprint density at radius 1 is 1.50 bits per heavy atom. The highest BCUT2D eigenvalue weighted by atomic mass is 16.1. The van der Waals surface area contributed by atoms with Crippen molar-refractivity contribution < 1.29 is 4.79 Å². The molecule has 3 nitrogen and oxygen atoms in total. The molecule has 62 valence electrons. The summed E-state index contributed by atoms with van der Waals surface area (Å²) < 4.78 is 0. The zero-order chi connectivity index (χ0) is 8.81. The molecular formula is C9H10N2O. The van der Waals surface area contributed by atoms with Crippen LogP contribution in [0, 0.1) is 6.92 Å². The van der Waals surface area contributed by atoms with Crippen molar-refractivity contribution in [1.29, 1.82) is 0 Å². The Morgan fingerprint density at radius 3 is 3.00 bits per heavy atom. The number of carbonyl (C=O) groups excluding carboxylic acids is 1. The van der Waals surface area contributed by atoms with E-state index in [0.29, 0.717) is 6.42 Å². The van der Waals surface area contributed by atoms with Crippen LogP contribution in [-0.4, -0.2) is 16.3 Å². The predicted molar refractivity (Wildman–Crippen MR) is 46.5 cm³/mol. The van der Waals surface area contributed by atoms with Gasteiger partial charge in [-0.05, 0) is 13.0 Å². The maximum atomic E-state index is 9.97. The molecule has 0 saturated carbocycles. The SMILES string of the molecule is Cc1cncc(C=CCC=O)n1. The second-order valence-corrected chi connectivity index (χ2v) is 2.39. The number of hydrogen-bond donors (Lipinski definition) is 0. The molecular weight excluding hydrogens is 152 g/mol. The Balaban J connectivity index is 2.69. The Morgan fingerprint density at radius 2 is 2.33 bits per heavy atom. The van der Waals surface area contributed by atoms with Crippen LogP contribution < -0.4 is 0 Å². The van der Waals surface area contributed by atoms with Gasteiger partial charge in [-0.25, -0.2) is 0 Å². The molecule has 0 aliphatic heterocycles. The lowest BCUT2D eigenvalue weighted by atomic mass is 10.3. The van der Waals surface area contributed by atoms with Crippen LogP contribution in [0.1, 0.15) is 17.8 Å². The lowest BCUT2D eigenvalue weighted by molar-refractivity contribution is -0.107. The summed E-state index contributed by atoms with van der Waals surface area (Å²) in [4.78, 5) is 18.1. The Kier molecular flexibility index (Phi) is 3.14. The standard InChI is InChI=1S/C9H10N2O/c1-8-6-10-7-9(11-8)4-2-3-5-12/h2,4-7H,3H2,1H3. The molecule has 3 heteroatoms. The number of hydrogen-bond acceptors (Lipinski definition) is 3. The number of nitrogens with zero attached hydrogens (tertiary/aromatic N) is 2. The minimum atomic E-state index is 0.426. The quantitative estimate of drug-likeness (QED) is 0.631. The molecule has 0 aromatic carbocycles. The molecule has 0 fully saturated rings. The van der Waals surface area contributed by atoms with E-state index >= 15 is 0 Å². The van der Waals surface area contributed by atoms with Crippen molar-refractivity contribution in [3.8, 4) is 0 Å². The van der Waals surface area contributed by atoms with Crippen LogP contribution >= 0.6 is 0 Å². The zero-order valence-electron chi connectivity index (χ0n) is 6.90. The van der Waals surface area contributed by atoms with Gasteiger partial charge in [0.25, 0.3) is 0 Å². The Hall–Kier alpha value is -1.51. The van der Waals surface area contributed by atoms with Crippen LogP contribution in [0.2, 0.25) is 0 Å². The van der Waals surface area contributed by atoms with E-state index in [1.807, 2.05) is 6.92 Å². The molecule has 0 saturated heterocycles. The number of aldehydes is 1. The van der Waals surface area contributed by atoms with Crippen molar-refractivity contribution in [3.05, 3.63) is 29.9 Å². The van der Waals surface area contributed by atoms with E-state index in [9.17, 15) is 4.79 Å².